The van der Waals surface area contributed by atoms with Crippen molar-refractivity contribution in [2.75, 3.05) is 0 Å². The summed E-state index contributed by atoms with van der Waals surface area (Å²) in [6.45, 7) is 2.25. The van der Waals surface area contributed by atoms with Crippen LogP contribution in [0.15, 0.2) is 59.1 Å². The molecule has 1 aromatic heterocycles. The van der Waals surface area contributed by atoms with Crippen LogP contribution in [0, 0.1) is 0 Å². The molecule has 0 bridgehead atoms. The average molecular weight is 381 g/mol. The Kier molecular flexibility index (Phi) is 11.7. The highest BCUT2D eigenvalue weighted by molar-refractivity contribution is 5.51. The molecule has 0 saturated heterocycles. The Labute approximate surface area is 171 Å². The van der Waals surface area contributed by atoms with Crippen molar-refractivity contribution < 1.29 is 4.42 Å². The third-order valence-corrected chi connectivity index (χ3v) is 4.83. The van der Waals surface area contributed by atoms with Crippen molar-refractivity contribution in [2.45, 2.75) is 84.0 Å². The fourth-order valence-corrected chi connectivity index (χ4v) is 3.14. The summed E-state index contributed by atoms with van der Waals surface area (Å²) >= 11 is 0. The van der Waals surface area contributed by atoms with Gasteiger partial charge in [-0.15, -0.1) is 10.2 Å². The Hall–Kier alpha value is -2.16. The summed E-state index contributed by atoms with van der Waals surface area (Å²) in [5, 5.41) is 8.31. The Morgan fingerprint density at radius 1 is 0.750 bits per heavy atom. The molecule has 1 aromatic carbocycles. The second-order valence-corrected chi connectivity index (χ2v) is 7.35. The predicted octanol–water partition coefficient (Wildman–Crippen LogP) is 7.70. The number of rotatable bonds is 15. The molecule has 152 valence electrons. The maximum atomic E-state index is 5.75. The number of aromatic nitrogens is 2. The first-order valence-corrected chi connectivity index (χ1v) is 11.1. The van der Waals surface area contributed by atoms with Crippen molar-refractivity contribution >= 4 is 0 Å². The molecular formula is C25H36N2O. The Bertz CT molecular complexity index is 673. The van der Waals surface area contributed by atoms with Crippen molar-refractivity contribution in [3.8, 4) is 11.5 Å². The third-order valence-electron chi connectivity index (χ3n) is 4.83. The molecule has 0 saturated carbocycles. The first-order valence-electron chi connectivity index (χ1n) is 11.1. The highest BCUT2D eigenvalue weighted by atomic mass is 16.4. The lowest BCUT2D eigenvalue weighted by Gasteiger charge is -1.98. The molecule has 0 spiro atoms. The molecular weight excluding hydrogens is 344 g/mol. The van der Waals surface area contributed by atoms with E-state index >= 15 is 0 Å². The summed E-state index contributed by atoms with van der Waals surface area (Å²) in [5.74, 6) is 1.38. The van der Waals surface area contributed by atoms with Crippen LogP contribution in [0.5, 0.6) is 0 Å². The lowest BCUT2D eigenvalue weighted by Crippen LogP contribution is -1.86. The van der Waals surface area contributed by atoms with Crippen LogP contribution in [0.25, 0.3) is 11.5 Å². The van der Waals surface area contributed by atoms with Crippen LogP contribution < -0.4 is 0 Å². The fourth-order valence-electron chi connectivity index (χ4n) is 3.14. The molecule has 1 heterocycles. The molecule has 0 aliphatic carbocycles. The number of hydrogen-bond donors (Lipinski definition) is 0. The van der Waals surface area contributed by atoms with Crippen LogP contribution in [0.1, 0.15) is 83.4 Å². The average Bonchev–Trinajstić information content (AvgIpc) is 3.20. The van der Waals surface area contributed by atoms with E-state index in [1.807, 2.05) is 30.3 Å². The highest BCUT2D eigenvalue weighted by Crippen LogP contribution is 2.18. The Balaban J connectivity index is 1.44. The molecule has 0 amide bonds. The summed E-state index contributed by atoms with van der Waals surface area (Å²) in [6.07, 6.45) is 23.9. The molecule has 3 nitrogen and oxygen atoms in total. The van der Waals surface area contributed by atoms with Gasteiger partial charge in [-0.2, -0.15) is 0 Å². The van der Waals surface area contributed by atoms with Crippen LogP contribution in [-0.2, 0) is 6.42 Å². The number of nitrogens with zero attached hydrogens (tertiary/aromatic N) is 2. The minimum absolute atomic E-state index is 0.623. The zero-order valence-electron chi connectivity index (χ0n) is 17.5. The van der Waals surface area contributed by atoms with Gasteiger partial charge in [-0.25, -0.2) is 0 Å². The van der Waals surface area contributed by atoms with E-state index in [9.17, 15) is 0 Å². The lowest BCUT2D eigenvalue weighted by atomic mass is 10.1. The van der Waals surface area contributed by atoms with Gasteiger partial charge in [-0.1, -0.05) is 81.5 Å². The van der Waals surface area contributed by atoms with Gasteiger partial charge in [-0.05, 0) is 50.7 Å². The molecule has 2 rings (SSSR count). The topological polar surface area (TPSA) is 38.9 Å². The van der Waals surface area contributed by atoms with Crippen LogP contribution >= 0.6 is 0 Å². The fraction of sp³-hybridized carbons (Fsp3) is 0.520. The summed E-state index contributed by atoms with van der Waals surface area (Å²) in [6, 6.07) is 9.95. The summed E-state index contributed by atoms with van der Waals surface area (Å²) < 4.78 is 5.75. The second kappa shape index (κ2) is 14.8. The summed E-state index contributed by atoms with van der Waals surface area (Å²) in [5.41, 5.74) is 0.987. The van der Waals surface area contributed by atoms with Crippen molar-refractivity contribution in [3.63, 3.8) is 0 Å². The zero-order chi connectivity index (χ0) is 19.7. The van der Waals surface area contributed by atoms with Gasteiger partial charge in [0.25, 0.3) is 0 Å². The van der Waals surface area contributed by atoms with E-state index in [0.717, 1.165) is 30.7 Å². The van der Waals surface area contributed by atoms with Crippen molar-refractivity contribution in [2.24, 2.45) is 0 Å². The van der Waals surface area contributed by atoms with Gasteiger partial charge in [0.2, 0.25) is 11.8 Å². The maximum Gasteiger partial charge on any atom is 0.247 e. The van der Waals surface area contributed by atoms with Gasteiger partial charge in [0.15, 0.2) is 0 Å². The molecule has 0 fully saturated rings. The smallest absolute Gasteiger partial charge is 0.247 e. The van der Waals surface area contributed by atoms with Crippen molar-refractivity contribution in [1.82, 2.24) is 10.2 Å². The van der Waals surface area contributed by atoms with Gasteiger partial charge in [0, 0.05) is 12.0 Å². The van der Waals surface area contributed by atoms with E-state index in [1.165, 1.54) is 57.8 Å². The molecule has 0 aliphatic rings. The van der Waals surface area contributed by atoms with E-state index in [2.05, 4.69) is 41.4 Å². The van der Waals surface area contributed by atoms with E-state index in [1.54, 1.807) is 0 Å². The minimum Gasteiger partial charge on any atom is -0.421 e. The van der Waals surface area contributed by atoms with Gasteiger partial charge < -0.3 is 4.42 Å². The quantitative estimate of drug-likeness (QED) is 0.235. The highest BCUT2D eigenvalue weighted by Gasteiger charge is 2.07. The van der Waals surface area contributed by atoms with Gasteiger partial charge in [0.05, 0.1) is 0 Å². The van der Waals surface area contributed by atoms with Crippen LogP contribution in [0.2, 0.25) is 0 Å². The molecule has 3 heteroatoms. The van der Waals surface area contributed by atoms with E-state index < -0.39 is 0 Å². The van der Waals surface area contributed by atoms with Gasteiger partial charge in [-0.3, -0.25) is 0 Å². The zero-order valence-corrected chi connectivity index (χ0v) is 17.5. The number of unbranched alkanes of at least 4 members (excludes halogenated alkanes) is 8. The lowest BCUT2D eigenvalue weighted by molar-refractivity contribution is 0.487. The summed E-state index contributed by atoms with van der Waals surface area (Å²) in [7, 11) is 0. The van der Waals surface area contributed by atoms with E-state index in [4.69, 9.17) is 4.42 Å². The molecule has 0 unspecified atom stereocenters. The van der Waals surface area contributed by atoms with Gasteiger partial charge in [0.1, 0.15) is 0 Å². The summed E-state index contributed by atoms with van der Waals surface area (Å²) in [4.78, 5) is 0. The number of aryl methyl sites for hydroxylation is 1. The predicted molar refractivity (Wildman–Crippen MR) is 118 cm³/mol. The van der Waals surface area contributed by atoms with Crippen molar-refractivity contribution in [1.29, 1.82) is 0 Å². The minimum atomic E-state index is 0.623. The molecule has 0 aliphatic heterocycles. The number of hydrogen-bond acceptors (Lipinski definition) is 3. The van der Waals surface area contributed by atoms with E-state index in [-0.39, 0.29) is 0 Å². The van der Waals surface area contributed by atoms with Crippen LogP contribution in [-0.4, -0.2) is 10.2 Å². The van der Waals surface area contributed by atoms with Crippen LogP contribution in [0.3, 0.4) is 0 Å². The first-order chi connectivity index (χ1) is 13.9. The normalized spacial score (nSPS) is 11.8. The Morgan fingerprint density at radius 2 is 1.43 bits per heavy atom. The maximum absolute atomic E-state index is 5.75. The standard InChI is InChI=1S/C25H36N2O/c1-2-3-4-5-6-7-8-9-10-11-12-13-14-15-19-22-24-26-27-25(28-24)23-20-17-16-18-21-23/h6-7,9-10,16-18,20-21H,2-5,8,11-15,19,22H2,1H3/b7-6-,10-9-. The monoisotopic (exact) mass is 380 g/mol. The number of benzene rings is 1. The van der Waals surface area contributed by atoms with Crippen LogP contribution in [0.4, 0.5) is 0 Å². The largest absolute Gasteiger partial charge is 0.421 e. The number of allylic oxidation sites excluding steroid dienone is 4. The molecule has 0 radical (unpaired) electrons. The molecule has 0 N–H and O–H groups in total. The third kappa shape index (κ3) is 9.68. The van der Waals surface area contributed by atoms with Gasteiger partial charge >= 0.3 is 0 Å². The Morgan fingerprint density at radius 3 is 2.18 bits per heavy atom. The molecule has 28 heavy (non-hydrogen) atoms. The molecule has 2 aromatic rings. The first kappa shape index (κ1) is 22.1. The van der Waals surface area contributed by atoms with Crippen molar-refractivity contribution in [3.05, 3.63) is 60.5 Å². The SMILES string of the molecule is CCCCC/C=C\C/C=C\CCCCCCCc1nnc(-c2ccccc2)o1. The second-order valence-electron chi connectivity index (χ2n) is 7.35. The molecule has 0 atom stereocenters. The van der Waals surface area contributed by atoms with E-state index in [0.29, 0.717) is 5.89 Å².